The van der Waals surface area contributed by atoms with Gasteiger partial charge in [0.2, 0.25) is 0 Å². The Labute approximate surface area is 99.0 Å². The van der Waals surface area contributed by atoms with Crippen molar-refractivity contribution in [3.05, 3.63) is 34.9 Å². The van der Waals surface area contributed by atoms with E-state index in [9.17, 15) is 0 Å². The Bertz CT molecular complexity index is 352. The largest absolute Gasteiger partial charge is 0.324 e. The van der Waals surface area contributed by atoms with E-state index in [0.717, 1.165) is 18.8 Å². The molecule has 1 saturated carbocycles. The van der Waals surface area contributed by atoms with E-state index in [4.69, 9.17) is 5.73 Å². The maximum Gasteiger partial charge on any atom is 0.0297 e. The molecule has 0 saturated heterocycles. The van der Waals surface area contributed by atoms with Gasteiger partial charge >= 0.3 is 0 Å². The first-order valence-corrected chi connectivity index (χ1v) is 6.61. The van der Waals surface area contributed by atoms with Gasteiger partial charge in [-0.1, -0.05) is 44.9 Å². The predicted octanol–water partition coefficient (Wildman–Crippen LogP) is 3.61. The summed E-state index contributed by atoms with van der Waals surface area (Å²) in [5, 5.41) is 0. The first-order valence-electron chi connectivity index (χ1n) is 6.61. The number of hydrogen-bond acceptors (Lipinski definition) is 1. The Hall–Kier alpha value is -0.820. The van der Waals surface area contributed by atoms with E-state index < -0.39 is 0 Å². The van der Waals surface area contributed by atoms with Gasteiger partial charge in [-0.2, -0.15) is 0 Å². The minimum atomic E-state index is 0.253. The summed E-state index contributed by atoms with van der Waals surface area (Å²) in [7, 11) is 0. The summed E-state index contributed by atoms with van der Waals surface area (Å²) in [6, 6.07) is 7.07. The Morgan fingerprint density at radius 3 is 2.44 bits per heavy atom. The fourth-order valence-electron chi connectivity index (χ4n) is 2.40. The van der Waals surface area contributed by atoms with Crippen LogP contribution in [0.25, 0.3) is 0 Å². The lowest BCUT2D eigenvalue weighted by atomic mass is 9.95. The van der Waals surface area contributed by atoms with Crippen LogP contribution in [0.1, 0.15) is 55.8 Å². The van der Waals surface area contributed by atoms with Crippen molar-refractivity contribution in [1.29, 1.82) is 0 Å². The molecule has 0 bridgehead atoms. The third-order valence-corrected chi connectivity index (χ3v) is 3.70. The van der Waals surface area contributed by atoms with Gasteiger partial charge in [-0.15, -0.1) is 0 Å². The van der Waals surface area contributed by atoms with Crippen LogP contribution in [0.15, 0.2) is 18.2 Å². The molecule has 2 N–H and O–H groups in total. The van der Waals surface area contributed by atoms with Crippen molar-refractivity contribution < 1.29 is 0 Å². The summed E-state index contributed by atoms with van der Waals surface area (Å²) in [6.45, 7) is 4.45. The second-order valence-electron chi connectivity index (χ2n) is 5.02. The van der Waals surface area contributed by atoms with Crippen molar-refractivity contribution in [3.8, 4) is 0 Å². The average Bonchev–Trinajstić information content (AvgIpc) is 3.11. The first-order chi connectivity index (χ1) is 7.74. The monoisotopic (exact) mass is 217 g/mol. The van der Waals surface area contributed by atoms with Crippen molar-refractivity contribution in [3.63, 3.8) is 0 Å². The van der Waals surface area contributed by atoms with Gasteiger partial charge < -0.3 is 5.73 Å². The highest BCUT2D eigenvalue weighted by Crippen LogP contribution is 2.37. The van der Waals surface area contributed by atoms with Crippen LogP contribution in [-0.4, -0.2) is 0 Å². The number of benzene rings is 1. The second-order valence-corrected chi connectivity index (χ2v) is 5.02. The van der Waals surface area contributed by atoms with Crippen LogP contribution in [0, 0.1) is 5.92 Å². The van der Waals surface area contributed by atoms with Gasteiger partial charge in [0.1, 0.15) is 0 Å². The zero-order valence-electron chi connectivity index (χ0n) is 10.5. The molecule has 0 amide bonds. The fraction of sp³-hybridized carbons (Fsp3) is 0.600. The molecule has 0 radical (unpaired) electrons. The van der Waals surface area contributed by atoms with Crippen LogP contribution in [0.4, 0.5) is 0 Å². The third kappa shape index (κ3) is 2.65. The molecule has 88 valence electrons. The van der Waals surface area contributed by atoms with E-state index in [1.165, 1.54) is 36.0 Å². The average molecular weight is 217 g/mol. The lowest BCUT2D eigenvalue weighted by molar-refractivity contribution is 0.596. The Balaban J connectivity index is 2.13. The van der Waals surface area contributed by atoms with Crippen molar-refractivity contribution in [2.75, 3.05) is 0 Å². The molecule has 0 spiro atoms. The normalized spacial score (nSPS) is 17.4. The second kappa shape index (κ2) is 5.01. The van der Waals surface area contributed by atoms with Gasteiger partial charge in [-0.3, -0.25) is 0 Å². The highest BCUT2D eigenvalue weighted by Gasteiger charge is 2.24. The van der Waals surface area contributed by atoms with Crippen molar-refractivity contribution in [1.82, 2.24) is 0 Å². The molecule has 0 aliphatic heterocycles. The van der Waals surface area contributed by atoms with E-state index in [-0.39, 0.29) is 6.04 Å². The number of rotatable bonds is 5. The van der Waals surface area contributed by atoms with Crippen LogP contribution in [0.5, 0.6) is 0 Å². The predicted molar refractivity (Wildman–Crippen MR) is 69.5 cm³/mol. The lowest BCUT2D eigenvalue weighted by Gasteiger charge is -2.14. The highest BCUT2D eigenvalue weighted by molar-refractivity contribution is 5.33. The zero-order chi connectivity index (χ0) is 11.5. The molecule has 1 nitrogen and oxygen atoms in total. The highest BCUT2D eigenvalue weighted by atomic mass is 14.6. The molecule has 1 aliphatic carbocycles. The van der Waals surface area contributed by atoms with E-state index in [0.29, 0.717) is 0 Å². The molecule has 1 aliphatic rings. The van der Waals surface area contributed by atoms with E-state index in [2.05, 4.69) is 32.0 Å². The van der Waals surface area contributed by atoms with Gasteiger partial charge in [0, 0.05) is 6.04 Å². The molecule has 1 unspecified atom stereocenters. The van der Waals surface area contributed by atoms with Gasteiger partial charge in [0.15, 0.2) is 0 Å². The smallest absolute Gasteiger partial charge is 0.0297 e. The quantitative estimate of drug-likeness (QED) is 0.801. The molecular weight excluding hydrogens is 194 g/mol. The molecule has 16 heavy (non-hydrogen) atoms. The number of aryl methyl sites for hydroxylation is 2. The Morgan fingerprint density at radius 2 is 1.88 bits per heavy atom. The minimum Gasteiger partial charge on any atom is -0.324 e. The van der Waals surface area contributed by atoms with Crippen molar-refractivity contribution in [2.24, 2.45) is 11.7 Å². The summed E-state index contributed by atoms with van der Waals surface area (Å²) in [5.74, 6) is 0.908. The first kappa shape index (κ1) is 11.7. The van der Waals surface area contributed by atoms with E-state index in [1.807, 2.05) is 0 Å². The Morgan fingerprint density at radius 1 is 1.19 bits per heavy atom. The van der Waals surface area contributed by atoms with Gasteiger partial charge in [0.05, 0.1) is 0 Å². The summed E-state index contributed by atoms with van der Waals surface area (Å²) < 4.78 is 0. The van der Waals surface area contributed by atoms with Crippen LogP contribution in [-0.2, 0) is 12.8 Å². The van der Waals surface area contributed by atoms with E-state index in [1.54, 1.807) is 0 Å². The summed E-state index contributed by atoms with van der Waals surface area (Å²) >= 11 is 0. The molecule has 0 heterocycles. The fourth-order valence-corrected chi connectivity index (χ4v) is 2.40. The maximum absolute atomic E-state index is 6.25. The number of hydrogen-bond donors (Lipinski definition) is 1. The SMILES string of the molecule is CCc1ccc(C(N)CC2CC2)cc1CC. The van der Waals surface area contributed by atoms with Crippen molar-refractivity contribution in [2.45, 2.75) is 52.0 Å². The summed E-state index contributed by atoms with van der Waals surface area (Å²) in [4.78, 5) is 0. The molecule has 1 atom stereocenters. The number of nitrogens with two attached hydrogens (primary N) is 1. The summed E-state index contributed by atoms with van der Waals surface area (Å²) in [5.41, 5.74) is 10.5. The molecule has 0 aromatic heterocycles. The summed E-state index contributed by atoms with van der Waals surface area (Å²) in [6.07, 6.45) is 6.20. The Kier molecular flexibility index (Phi) is 3.65. The van der Waals surface area contributed by atoms with Crippen LogP contribution in [0.2, 0.25) is 0 Å². The topological polar surface area (TPSA) is 26.0 Å². The van der Waals surface area contributed by atoms with Gasteiger partial charge in [0.25, 0.3) is 0 Å². The van der Waals surface area contributed by atoms with Gasteiger partial charge in [-0.25, -0.2) is 0 Å². The molecule has 2 rings (SSSR count). The zero-order valence-corrected chi connectivity index (χ0v) is 10.5. The van der Waals surface area contributed by atoms with Crippen LogP contribution < -0.4 is 5.73 Å². The molecule has 1 aromatic rings. The maximum atomic E-state index is 6.25. The van der Waals surface area contributed by atoms with Crippen LogP contribution in [0.3, 0.4) is 0 Å². The van der Waals surface area contributed by atoms with Crippen LogP contribution >= 0.6 is 0 Å². The lowest BCUT2D eigenvalue weighted by Crippen LogP contribution is -2.11. The standard InChI is InChI=1S/C15H23N/c1-3-12-7-8-14(10-13(12)4-2)15(16)9-11-5-6-11/h7-8,10-11,15H,3-6,9,16H2,1-2H3. The molecule has 1 heteroatoms. The van der Waals surface area contributed by atoms with Gasteiger partial charge in [-0.05, 0) is 41.9 Å². The molecule has 1 fully saturated rings. The molecule has 1 aromatic carbocycles. The molecular formula is C15H23N. The minimum absolute atomic E-state index is 0.253. The van der Waals surface area contributed by atoms with Crippen molar-refractivity contribution >= 4 is 0 Å². The third-order valence-electron chi connectivity index (χ3n) is 3.70. The van der Waals surface area contributed by atoms with E-state index >= 15 is 0 Å².